The van der Waals surface area contributed by atoms with Crippen molar-refractivity contribution in [1.82, 2.24) is 15.0 Å². The van der Waals surface area contributed by atoms with E-state index in [2.05, 4.69) is 15.0 Å². The van der Waals surface area contributed by atoms with E-state index in [1.54, 1.807) is 13.1 Å². The van der Waals surface area contributed by atoms with Gasteiger partial charge in [0.2, 0.25) is 10.0 Å². The lowest BCUT2D eigenvalue weighted by Gasteiger charge is -2.16. The van der Waals surface area contributed by atoms with Crippen LogP contribution in [-0.4, -0.2) is 31.0 Å². The van der Waals surface area contributed by atoms with Crippen molar-refractivity contribution in [2.24, 2.45) is 0 Å². The number of nitro groups is 1. The molecule has 0 amide bonds. The number of unbranched alkanes of at least 4 members (excludes halogenated alkanes) is 2. The normalized spacial score (nSPS) is 14.2. The van der Waals surface area contributed by atoms with Crippen LogP contribution in [0.3, 0.4) is 0 Å². The number of ketones is 1. The Labute approximate surface area is 192 Å². The third-order valence-electron chi connectivity index (χ3n) is 5.17. The third kappa shape index (κ3) is 6.80. The van der Waals surface area contributed by atoms with Gasteiger partial charge in [-0.25, -0.2) is 13.7 Å². The van der Waals surface area contributed by atoms with Gasteiger partial charge in [-0.3, -0.25) is 10.1 Å². The van der Waals surface area contributed by atoms with Crippen LogP contribution in [0.15, 0.2) is 65.7 Å². The minimum atomic E-state index is -4.04. The highest BCUT2D eigenvalue weighted by Crippen LogP contribution is 2.20. The molecule has 1 aliphatic heterocycles. The smallest absolute Gasteiger partial charge is 0.300 e. The zero-order valence-corrected chi connectivity index (χ0v) is 19.0. The molecule has 2 aromatic carbocycles. The van der Waals surface area contributed by atoms with E-state index < -0.39 is 21.0 Å². The van der Waals surface area contributed by atoms with Crippen LogP contribution in [0, 0.1) is 10.1 Å². The van der Waals surface area contributed by atoms with Crippen molar-refractivity contribution < 1.29 is 18.1 Å². The highest BCUT2D eigenvalue weighted by molar-refractivity contribution is 7.89. The Kier molecular flexibility index (Phi) is 8.07. The number of amidine groups is 1. The van der Waals surface area contributed by atoms with E-state index in [-0.39, 0.29) is 16.4 Å². The lowest BCUT2D eigenvalue weighted by atomic mass is 10.1. The fourth-order valence-electron chi connectivity index (χ4n) is 3.45. The molecule has 0 fully saturated rings. The first-order valence-electron chi connectivity index (χ1n) is 10.6. The van der Waals surface area contributed by atoms with Crippen molar-refractivity contribution in [2.75, 3.05) is 0 Å². The molecule has 10 heteroatoms. The molecule has 1 aliphatic rings. The number of rotatable bonds is 12. The van der Waals surface area contributed by atoms with E-state index in [4.69, 9.17) is 0 Å². The van der Waals surface area contributed by atoms with E-state index in [1.807, 2.05) is 30.3 Å². The molecule has 3 rings (SSSR count). The van der Waals surface area contributed by atoms with Gasteiger partial charge in [-0.2, -0.15) is 4.72 Å². The Bertz CT molecular complexity index is 1180. The first-order valence-corrected chi connectivity index (χ1v) is 12.1. The van der Waals surface area contributed by atoms with Gasteiger partial charge in [0.1, 0.15) is 11.8 Å². The SMILES string of the molecule is CC(=O)CCCCC[C@H](NS(=O)(=O)c1cccc([N+](=O)[O-])c1)C1=[N+]C=C(c2ccccc2)N1. The fourth-order valence-corrected chi connectivity index (χ4v) is 4.72. The van der Waals surface area contributed by atoms with Crippen molar-refractivity contribution in [3.63, 3.8) is 0 Å². The summed E-state index contributed by atoms with van der Waals surface area (Å²) in [5.41, 5.74) is 1.36. The van der Waals surface area contributed by atoms with E-state index in [0.717, 1.165) is 30.2 Å². The van der Waals surface area contributed by atoms with Gasteiger partial charge in [-0.1, -0.05) is 49.2 Å². The summed E-state index contributed by atoms with van der Waals surface area (Å²) in [4.78, 5) is 25.8. The molecule has 173 valence electrons. The highest BCUT2D eigenvalue weighted by Gasteiger charge is 2.33. The number of hydrogen-bond acceptors (Lipinski definition) is 7. The molecule has 0 saturated carbocycles. The number of hydrogen-bond donors (Lipinski definition) is 2. The summed E-state index contributed by atoms with van der Waals surface area (Å²) in [5.74, 6) is 0.575. The Balaban J connectivity index is 1.75. The molecule has 1 atom stereocenters. The van der Waals surface area contributed by atoms with Gasteiger partial charge in [0.15, 0.2) is 11.9 Å². The minimum Gasteiger partial charge on any atom is -0.300 e. The maximum Gasteiger partial charge on any atom is 0.314 e. The molecule has 0 unspecified atom stereocenters. The lowest BCUT2D eigenvalue weighted by molar-refractivity contribution is -0.385. The van der Waals surface area contributed by atoms with Crippen LogP contribution >= 0.6 is 0 Å². The van der Waals surface area contributed by atoms with Crippen molar-refractivity contribution in [2.45, 2.75) is 50.0 Å². The highest BCUT2D eigenvalue weighted by atomic mass is 32.2. The lowest BCUT2D eigenvalue weighted by Crippen LogP contribution is -2.46. The molecule has 0 aliphatic carbocycles. The molecule has 0 aromatic heterocycles. The number of sulfonamides is 1. The minimum absolute atomic E-state index is 0.122. The molecule has 0 bridgehead atoms. The average molecular weight is 471 g/mol. The summed E-state index contributed by atoms with van der Waals surface area (Å²) < 4.78 is 28.7. The Morgan fingerprint density at radius 3 is 2.58 bits per heavy atom. The van der Waals surface area contributed by atoms with E-state index in [9.17, 15) is 23.3 Å². The molecule has 2 N–H and O–H groups in total. The molecule has 33 heavy (non-hydrogen) atoms. The number of Topliss-reactive ketones (excluding diaryl/α,β-unsaturated/α-hetero) is 1. The van der Waals surface area contributed by atoms with Gasteiger partial charge >= 0.3 is 5.84 Å². The summed E-state index contributed by atoms with van der Waals surface area (Å²) in [7, 11) is -4.04. The molecule has 1 heterocycles. The van der Waals surface area contributed by atoms with E-state index in [0.29, 0.717) is 25.1 Å². The maximum atomic E-state index is 13.0. The van der Waals surface area contributed by atoms with Crippen LogP contribution in [0.2, 0.25) is 0 Å². The summed E-state index contributed by atoms with van der Waals surface area (Å²) in [6.45, 7) is 1.55. The van der Waals surface area contributed by atoms with Crippen molar-refractivity contribution in [3.05, 3.63) is 76.5 Å². The van der Waals surface area contributed by atoms with Crippen LogP contribution in [0.4, 0.5) is 5.69 Å². The van der Waals surface area contributed by atoms with Crippen LogP contribution in [-0.2, 0) is 14.8 Å². The number of nitrogens with one attached hydrogen (secondary N) is 2. The van der Waals surface area contributed by atoms with Gasteiger partial charge in [-0.15, -0.1) is 0 Å². The molecule has 1 radical (unpaired) electrons. The molecular formula is C23H26N4O5S+. The number of benzene rings is 2. The van der Waals surface area contributed by atoms with Gasteiger partial charge in [0, 0.05) is 24.1 Å². The summed E-state index contributed by atoms with van der Waals surface area (Å²) in [6, 6.07) is 13.8. The first-order chi connectivity index (χ1) is 15.8. The maximum absolute atomic E-state index is 13.0. The monoisotopic (exact) mass is 470 g/mol. The predicted octanol–water partition coefficient (Wildman–Crippen LogP) is 3.12. The quantitative estimate of drug-likeness (QED) is 0.278. The molecule has 0 saturated heterocycles. The van der Waals surface area contributed by atoms with Crippen LogP contribution < -0.4 is 15.0 Å². The van der Waals surface area contributed by atoms with Crippen molar-refractivity contribution >= 4 is 33.0 Å². The predicted molar refractivity (Wildman–Crippen MR) is 126 cm³/mol. The molecular weight excluding hydrogens is 444 g/mol. The zero-order valence-electron chi connectivity index (χ0n) is 18.2. The third-order valence-corrected chi connectivity index (χ3v) is 6.64. The zero-order chi connectivity index (χ0) is 23.8. The second kappa shape index (κ2) is 11.0. The van der Waals surface area contributed by atoms with Crippen LogP contribution in [0.5, 0.6) is 0 Å². The fraction of sp³-hybridized carbons (Fsp3) is 0.304. The largest absolute Gasteiger partial charge is 0.314 e. The van der Waals surface area contributed by atoms with Crippen LogP contribution in [0.25, 0.3) is 5.70 Å². The number of nitrogens with zero attached hydrogens (tertiary/aromatic N) is 2. The van der Waals surface area contributed by atoms with Gasteiger partial charge in [0.25, 0.3) is 5.69 Å². The molecule has 0 spiro atoms. The number of nitro benzene ring substituents is 1. The first kappa shape index (κ1) is 24.3. The molecule has 9 nitrogen and oxygen atoms in total. The Morgan fingerprint density at radius 1 is 1.12 bits per heavy atom. The summed E-state index contributed by atoms with van der Waals surface area (Å²) in [6.07, 6.45) is 4.76. The Hall–Kier alpha value is -3.37. The number of aliphatic imine (C=N–C) groups is 1. The number of carbonyl (C=O) groups is 1. The standard InChI is InChI=1S/C23H26N4O5S/c1-17(28)9-4-2-7-14-21(23-24-16-22(25-23)18-10-5-3-6-11-18)26-33(31,32)20-13-8-12-19(15-20)27(29)30/h3,5-6,8,10-13,15-16,21,25-26H,2,4,7,9,14H2,1H3/q+1/t21-/m0/s1. The van der Waals surface area contributed by atoms with Gasteiger partial charge in [-0.05, 0) is 30.8 Å². The molecule has 2 aromatic rings. The summed E-state index contributed by atoms with van der Waals surface area (Å²) >= 11 is 0. The van der Waals surface area contributed by atoms with Crippen molar-refractivity contribution in [1.29, 1.82) is 0 Å². The van der Waals surface area contributed by atoms with E-state index in [1.165, 1.54) is 18.2 Å². The second-order valence-electron chi connectivity index (χ2n) is 7.78. The Morgan fingerprint density at radius 2 is 1.88 bits per heavy atom. The average Bonchev–Trinajstić information content (AvgIpc) is 3.29. The van der Waals surface area contributed by atoms with Gasteiger partial charge in [0.05, 0.1) is 9.82 Å². The number of non-ortho nitro benzene ring substituents is 1. The van der Waals surface area contributed by atoms with Crippen LogP contribution in [0.1, 0.15) is 44.6 Å². The number of carbonyl (C=O) groups excluding carboxylic acids is 1. The second-order valence-corrected chi connectivity index (χ2v) is 9.49. The topological polar surface area (TPSA) is 133 Å². The summed E-state index contributed by atoms with van der Waals surface area (Å²) in [5, 5.41) is 14.3. The van der Waals surface area contributed by atoms with Gasteiger partial charge < -0.3 is 4.79 Å². The van der Waals surface area contributed by atoms with E-state index >= 15 is 0 Å². The van der Waals surface area contributed by atoms with Crippen molar-refractivity contribution in [3.8, 4) is 0 Å².